The molecule has 1 unspecified atom stereocenters. The number of amides is 1. The molecule has 0 radical (unpaired) electrons. The monoisotopic (exact) mass is 619 g/mol. The number of nitrogen functional groups attached to an aromatic ring is 1. The van der Waals surface area contributed by atoms with Gasteiger partial charge in [-0.25, -0.2) is 9.36 Å². The first-order valence-electron chi connectivity index (χ1n) is 13.3. The fraction of sp³-hybridized carbons (Fsp3) is 0.760. The number of carbonyl (C=O) groups excluding carboxylic acids is 2. The van der Waals surface area contributed by atoms with Crippen LogP contribution < -0.4 is 16.7 Å². The first-order chi connectivity index (χ1) is 19.0. The van der Waals surface area contributed by atoms with E-state index in [-0.39, 0.29) is 55.2 Å². The van der Waals surface area contributed by atoms with Crippen molar-refractivity contribution in [2.75, 3.05) is 37.9 Å². The fourth-order valence-corrected chi connectivity index (χ4v) is 5.83. The van der Waals surface area contributed by atoms with E-state index in [2.05, 4.69) is 15.5 Å². The summed E-state index contributed by atoms with van der Waals surface area (Å²) in [5.41, 5.74) is 2.37. The molecule has 1 aliphatic heterocycles. The van der Waals surface area contributed by atoms with Crippen LogP contribution in [0.15, 0.2) is 22.2 Å². The van der Waals surface area contributed by atoms with Crippen LogP contribution in [0.25, 0.3) is 0 Å². The molecule has 3 N–H and O–H groups in total. The van der Waals surface area contributed by atoms with E-state index in [4.69, 9.17) is 24.0 Å². The minimum absolute atomic E-state index is 0.0349. The molecule has 16 heteroatoms. The van der Waals surface area contributed by atoms with Crippen molar-refractivity contribution in [2.45, 2.75) is 79.2 Å². The van der Waals surface area contributed by atoms with Crippen molar-refractivity contribution in [1.29, 1.82) is 0 Å². The number of aromatic nitrogens is 2. The lowest BCUT2D eigenvalue weighted by Gasteiger charge is -2.31. The zero-order valence-electron chi connectivity index (χ0n) is 24.7. The van der Waals surface area contributed by atoms with Gasteiger partial charge in [-0.1, -0.05) is 65.4 Å². The van der Waals surface area contributed by atoms with Gasteiger partial charge in [0.05, 0.1) is 19.8 Å². The first-order valence-corrected chi connectivity index (χ1v) is 15.7. The Bertz CT molecular complexity index is 1150. The highest BCUT2D eigenvalue weighted by Gasteiger charge is 2.51. The summed E-state index contributed by atoms with van der Waals surface area (Å²) in [5.74, 6) is 0.00424. The predicted octanol–water partition coefficient (Wildman–Crippen LogP) is 3.65. The van der Waals surface area contributed by atoms with Crippen molar-refractivity contribution in [1.82, 2.24) is 14.9 Å². The normalized spacial score (nSPS) is 22.7. The van der Waals surface area contributed by atoms with E-state index in [0.717, 1.165) is 11.8 Å². The van der Waals surface area contributed by atoms with Crippen molar-refractivity contribution in [3.63, 3.8) is 0 Å². The van der Waals surface area contributed by atoms with Gasteiger partial charge in [-0.2, -0.15) is 9.89 Å². The van der Waals surface area contributed by atoms with Gasteiger partial charge >= 0.3 is 13.5 Å². The third-order valence-corrected chi connectivity index (χ3v) is 8.94. The number of carbonyl (C=O) groups is 2. The molecule has 1 aliphatic rings. The van der Waals surface area contributed by atoms with Crippen LogP contribution in [0.2, 0.25) is 0 Å². The second-order valence-corrected chi connectivity index (χ2v) is 14.4. The Morgan fingerprint density at radius 1 is 1.22 bits per heavy atom. The van der Waals surface area contributed by atoms with Crippen molar-refractivity contribution < 1.29 is 32.5 Å². The Morgan fingerprint density at radius 2 is 1.88 bits per heavy atom. The molecule has 1 fully saturated rings. The molecular formula is C25H42N5O9PS. The number of ether oxygens (including phenoxy) is 1. The van der Waals surface area contributed by atoms with Crippen LogP contribution >= 0.6 is 19.6 Å². The molecule has 1 amide bonds. The number of nitroso groups, excluding NO2 is 1. The molecule has 41 heavy (non-hydrogen) atoms. The highest BCUT2D eigenvalue weighted by atomic mass is 32.2. The number of nitrogens with one attached hydrogen (secondary N) is 1. The van der Waals surface area contributed by atoms with Gasteiger partial charge in [0.2, 0.25) is 5.91 Å². The molecule has 0 bridgehead atoms. The van der Waals surface area contributed by atoms with E-state index in [1.54, 1.807) is 48.5 Å². The Hall–Kier alpha value is -2.16. The summed E-state index contributed by atoms with van der Waals surface area (Å²) in [6.07, 6.45) is 0.774. The largest absolute Gasteiger partial charge is 0.474 e. The Kier molecular flexibility index (Phi) is 12.3. The van der Waals surface area contributed by atoms with Crippen LogP contribution in [0, 0.1) is 15.7 Å². The number of thioether (sulfide) groups is 1. The molecule has 0 spiro atoms. The number of hydrogen-bond donors (Lipinski definition) is 2. The third kappa shape index (κ3) is 9.97. The van der Waals surface area contributed by atoms with Gasteiger partial charge in [0.25, 0.3) is 0 Å². The minimum Gasteiger partial charge on any atom is -0.383 e. The number of hydrogen-bond acceptors (Lipinski definition) is 13. The van der Waals surface area contributed by atoms with Gasteiger partial charge in [-0.05, 0) is 12.5 Å². The molecule has 14 nitrogen and oxygen atoms in total. The van der Waals surface area contributed by atoms with E-state index in [0.29, 0.717) is 0 Å². The fourth-order valence-electron chi connectivity index (χ4n) is 3.70. The summed E-state index contributed by atoms with van der Waals surface area (Å²) in [6.45, 7) is 11.6. The molecule has 232 valence electrons. The molecule has 1 aromatic heterocycles. The van der Waals surface area contributed by atoms with Crippen LogP contribution in [0.1, 0.15) is 67.5 Å². The summed E-state index contributed by atoms with van der Waals surface area (Å²) >= 11 is 1.03. The smallest absolute Gasteiger partial charge is 0.383 e. The standard InChI is InChI=1S/C25H42N5O9PS/c1-8-25(17(29-34)15-19(39-25)30-11-9-18(26)28-22(30)33)16-38-40(35,36-12-10-27-20(31)23(2,3)4)37-13-14-41-21(32)24(5,6)7/h9,11,17,19H,8,10,12-16H2,1-7H3,(H,27,31)(H2,26,28,33)/t17-,19+,25+,40?/m0/s1. The highest BCUT2D eigenvalue weighted by Crippen LogP contribution is 2.52. The summed E-state index contributed by atoms with van der Waals surface area (Å²) in [4.78, 5) is 52.3. The Morgan fingerprint density at radius 3 is 2.44 bits per heavy atom. The average molecular weight is 620 g/mol. The predicted molar refractivity (Wildman–Crippen MR) is 155 cm³/mol. The van der Waals surface area contributed by atoms with Gasteiger partial charge in [-0.3, -0.25) is 27.7 Å². The number of nitrogens with zero attached hydrogens (tertiary/aromatic N) is 3. The zero-order valence-corrected chi connectivity index (χ0v) is 26.4. The van der Waals surface area contributed by atoms with E-state index >= 15 is 0 Å². The van der Waals surface area contributed by atoms with Crippen LogP contribution in [-0.4, -0.2) is 64.3 Å². The number of phosphoric acid groups is 1. The molecular weight excluding hydrogens is 577 g/mol. The first kappa shape index (κ1) is 35.0. The van der Waals surface area contributed by atoms with Crippen molar-refractivity contribution in [3.8, 4) is 0 Å². The number of rotatable bonds is 14. The maximum Gasteiger partial charge on any atom is 0.474 e. The zero-order chi connectivity index (χ0) is 31.1. The van der Waals surface area contributed by atoms with Gasteiger partial charge in [-0.15, -0.1) is 0 Å². The molecule has 0 saturated carbocycles. The molecule has 1 aromatic rings. The maximum absolute atomic E-state index is 13.6. The summed E-state index contributed by atoms with van der Waals surface area (Å²) in [5, 5.41) is 5.82. The summed E-state index contributed by atoms with van der Waals surface area (Å²) < 4.78 is 37.6. The summed E-state index contributed by atoms with van der Waals surface area (Å²) in [6, 6.07) is 0.467. The van der Waals surface area contributed by atoms with Crippen molar-refractivity contribution in [3.05, 3.63) is 27.7 Å². The maximum atomic E-state index is 13.6. The second kappa shape index (κ2) is 14.3. The lowest BCUT2D eigenvalue weighted by Crippen LogP contribution is -2.42. The van der Waals surface area contributed by atoms with Crippen molar-refractivity contribution >= 4 is 36.4 Å². The van der Waals surface area contributed by atoms with Gasteiger partial charge in [0.15, 0.2) is 5.12 Å². The van der Waals surface area contributed by atoms with Crippen LogP contribution in [0.4, 0.5) is 5.82 Å². The molecule has 4 atom stereocenters. The lowest BCUT2D eigenvalue weighted by atomic mass is 9.93. The molecule has 0 aromatic carbocycles. The van der Waals surface area contributed by atoms with E-state index in [1.807, 2.05) is 0 Å². The van der Waals surface area contributed by atoms with Crippen LogP contribution in [0.5, 0.6) is 0 Å². The van der Waals surface area contributed by atoms with Crippen LogP contribution in [-0.2, 0) is 32.5 Å². The highest BCUT2D eigenvalue weighted by molar-refractivity contribution is 8.13. The SMILES string of the molecule is CC[C@]1(COP(=O)(OCCNC(=O)C(C)(C)C)OCCSC(=O)C(C)(C)C)O[C@@H](n2ccc(N)nc2=O)C[C@@H]1N=O. The lowest BCUT2D eigenvalue weighted by molar-refractivity contribution is -0.128. The minimum atomic E-state index is -4.27. The number of nitrogens with two attached hydrogens (primary N) is 1. The molecule has 2 rings (SSSR count). The summed E-state index contributed by atoms with van der Waals surface area (Å²) in [7, 11) is -4.27. The second-order valence-electron chi connectivity index (χ2n) is 11.7. The Balaban J connectivity index is 2.15. The topological polar surface area (TPSA) is 190 Å². The molecule has 2 heterocycles. The third-order valence-electron chi connectivity index (χ3n) is 6.25. The van der Waals surface area contributed by atoms with Crippen molar-refractivity contribution in [2.24, 2.45) is 16.0 Å². The number of phosphoric ester groups is 1. The molecule has 1 saturated heterocycles. The van der Waals surface area contributed by atoms with Gasteiger partial charge < -0.3 is 15.8 Å². The van der Waals surface area contributed by atoms with Gasteiger partial charge in [0, 0.05) is 35.7 Å². The van der Waals surface area contributed by atoms with E-state index in [1.165, 1.54) is 16.8 Å². The van der Waals surface area contributed by atoms with Crippen LogP contribution in [0.3, 0.4) is 0 Å². The van der Waals surface area contributed by atoms with Gasteiger partial charge in [0.1, 0.15) is 23.7 Å². The quantitative estimate of drug-likeness (QED) is 0.175. The molecule has 0 aliphatic carbocycles. The number of anilines is 1. The Labute approximate surface area is 244 Å². The van der Waals surface area contributed by atoms with E-state index < -0.39 is 48.8 Å². The average Bonchev–Trinajstić information content (AvgIpc) is 3.25. The van der Waals surface area contributed by atoms with E-state index in [9.17, 15) is 23.9 Å².